The number of hydrogen-bond donors (Lipinski definition) is 1. The molecule has 94 valence electrons. The number of halogens is 1. The van der Waals surface area contributed by atoms with Gasteiger partial charge in [-0.1, -0.05) is 11.6 Å². The molecule has 0 aromatic heterocycles. The predicted molar refractivity (Wildman–Crippen MR) is 72.3 cm³/mol. The van der Waals surface area contributed by atoms with Gasteiger partial charge in [-0.3, -0.25) is 0 Å². The van der Waals surface area contributed by atoms with Gasteiger partial charge in [0.05, 0.1) is 5.02 Å². The Balaban J connectivity index is 2.06. The van der Waals surface area contributed by atoms with Gasteiger partial charge in [-0.25, -0.2) is 0 Å². The van der Waals surface area contributed by atoms with E-state index in [4.69, 9.17) is 26.8 Å². The highest BCUT2D eigenvalue weighted by Crippen LogP contribution is 2.39. The summed E-state index contributed by atoms with van der Waals surface area (Å²) in [5.74, 6) is 3.24. The third kappa shape index (κ3) is 3.44. The Morgan fingerprint density at radius 2 is 2.18 bits per heavy atom. The van der Waals surface area contributed by atoms with Crippen molar-refractivity contribution in [3.05, 3.63) is 22.7 Å². The summed E-state index contributed by atoms with van der Waals surface area (Å²) in [4.78, 5) is 0. The highest BCUT2D eigenvalue weighted by molar-refractivity contribution is 7.98. The molecule has 17 heavy (non-hydrogen) atoms. The van der Waals surface area contributed by atoms with E-state index in [0.717, 1.165) is 22.8 Å². The second-order valence-corrected chi connectivity index (χ2v) is 5.53. The van der Waals surface area contributed by atoms with Crippen LogP contribution in [-0.2, 0) is 5.75 Å². The highest BCUT2D eigenvalue weighted by Gasteiger charge is 2.16. The van der Waals surface area contributed by atoms with Gasteiger partial charge in [0, 0.05) is 17.5 Å². The molecule has 0 radical (unpaired) electrons. The molecule has 2 N–H and O–H groups in total. The average molecular weight is 274 g/mol. The summed E-state index contributed by atoms with van der Waals surface area (Å²) in [6.45, 7) is 3.15. The van der Waals surface area contributed by atoms with Gasteiger partial charge in [0.25, 0.3) is 0 Å². The highest BCUT2D eigenvalue weighted by atomic mass is 35.5. The molecule has 1 atom stereocenters. The van der Waals surface area contributed by atoms with Crippen LogP contribution in [0.4, 0.5) is 0 Å². The number of ether oxygens (including phenoxy) is 2. The van der Waals surface area contributed by atoms with E-state index in [1.807, 2.05) is 19.1 Å². The molecule has 0 aliphatic carbocycles. The third-order valence-corrected chi connectivity index (χ3v) is 3.89. The molecule has 0 bridgehead atoms. The maximum absolute atomic E-state index is 6.15. The minimum atomic E-state index is 0.215. The van der Waals surface area contributed by atoms with E-state index < -0.39 is 0 Å². The molecule has 0 amide bonds. The molecule has 0 saturated heterocycles. The first kappa shape index (κ1) is 12.9. The van der Waals surface area contributed by atoms with Gasteiger partial charge in [0.1, 0.15) is 13.2 Å². The molecule has 0 saturated carbocycles. The Bertz CT molecular complexity index is 398. The van der Waals surface area contributed by atoms with Gasteiger partial charge in [0.15, 0.2) is 11.5 Å². The molecule has 1 unspecified atom stereocenters. The molecular formula is C12H16ClNO2S. The molecule has 1 heterocycles. The number of rotatable bonds is 4. The van der Waals surface area contributed by atoms with E-state index in [1.54, 1.807) is 11.8 Å². The fourth-order valence-corrected chi connectivity index (χ4v) is 2.79. The summed E-state index contributed by atoms with van der Waals surface area (Å²) in [7, 11) is 0. The summed E-state index contributed by atoms with van der Waals surface area (Å²) < 4.78 is 11.0. The van der Waals surface area contributed by atoms with Crippen LogP contribution in [0.3, 0.4) is 0 Å². The third-order valence-electron chi connectivity index (χ3n) is 2.31. The number of hydrogen-bond acceptors (Lipinski definition) is 4. The first-order valence-electron chi connectivity index (χ1n) is 5.58. The largest absolute Gasteiger partial charge is 0.486 e. The Kier molecular flexibility index (Phi) is 4.42. The molecular weight excluding hydrogens is 258 g/mol. The molecule has 1 aliphatic heterocycles. The molecule has 1 aromatic rings. The minimum Gasteiger partial charge on any atom is -0.486 e. The second-order valence-electron chi connectivity index (χ2n) is 4.09. The standard InChI is InChI=1S/C12H16ClNO2S/c1-8(14)6-17-7-9-4-10(13)12-11(5-9)15-2-3-16-12/h4-5,8H,2-3,6-7,14H2,1H3. The van der Waals surface area contributed by atoms with Crippen molar-refractivity contribution in [1.82, 2.24) is 0 Å². The summed E-state index contributed by atoms with van der Waals surface area (Å²) >= 11 is 7.94. The van der Waals surface area contributed by atoms with Gasteiger partial charge in [-0.15, -0.1) is 0 Å². The van der Waals surface area contributed by atoms with Crippen molar-refractivity contribution < 1.29 is 9.47 Å². The van der Waals surface area contributed by atoms with Gasteiger partial charge in [-0.05, 0) is 24.6 Å². The maximum Gasteiger partial charge on any atom is 0.179 e. The van der Waals surface area contributed by atoms with E-state index in [-0.39, 0.29) is 6.04 Å². The Morgan fingerprint density at radius 3 is 2.94 bits per heavy atom. The van der Waals surface area contributed by atoms with Crippen LogP contribution in [0.15, 0.2) is 12.1 Å². The summed E-state index contributed by atoms with van der Waals surface area (Å²) in [6.07, 6.45) is 0. The molecule has 5 heteroatoms. The smallest absolute Gasteiger partial charge is 0.179 e. The van der Waals surface area contributed by atoms with Crippen molar-refractivity contribution in [3.63, 3.8) is 0 Å². The fourth-order valence-electron chi connectivity index (χ4n) is 1.61. The fraction of sp³-hybridized carbons (Fsp3) is 0.500. The predicted octanol–water partition coefficient (Wildman–Crippen LogP) is 2.69. The van der Waals surface area contributed by atoms with Crippen LogP contribution in [-0.4, -0.2) is 25.0 Å². The monoisotopic (exact) mass is 273 g/mol. The van der Waals surface area contributed by atoms with Gasteiger partial charge < -0.3 is 15.2 Å². The lowest BCUT2D eigenvalue weighted by Gasteiger charge is -2.20. The van der Waals surface area contributed by atoms with Crippen LogP contribution in [0.1, 0.15) is 12.5 Å². The van der Waals surface area contributed by atoms with E-state index in [1.165, 1.54) is 0 Å². The number of nitrogens with two attached hydrogens (primary N) is 1. The first-order chi connectivity index (χ1) is 8.16. The van der Waals surface area contributed by atoms with E-state index in [2.05, 4.69) is 0 Å². The number of fused-ring (bicyclic) bond motifs is 1. The van der Waals surface area contributed by atoms with Crippen LogP contribution in [0, 0.1) is 0 Å². The maximum atomic E-state index is 6.15. The van der Waals surface area contributed by atoms with Gasteiger partial charge in [-0.2, -0.15) is 11.8 Å². The van der Waals surface area contributed by atoms with Gasteiger partial charge in [0.2, 0.25) is 0 Å². The summed E-state index contributed by atoms with van der Waals surface area (Å²) in [5.41, 5.74) is 6.85. The summed E-state index contributed by atoms with van der Waals surface area (Å²) in [5, 5.41) is 0.624. The normalized spacial score (nSPS) is 15.7. The van der Waals surface area contributed by atoms with Crippen molar-refractivity contribution in [2.75, 3.05) is 19.0 Å². The molecule has 2 rings (SSSR count). The average Bonchev–Trinajstić information content (AvgIpc) is 2.28. The van der Waals surface area contributed by atoms with E-state index in [9.17, 15) is 0 Å². The zero-order valence-corrected chi connectivity index (χ0v) is 11.3. The molecule has 0 fully saturated rings. The van der Waals surface area contributed by atoms with Crippen LogP contribution >= 0.6 is 23.4 Å². The van der Waals surface area contributed by atoms with Crippen molar-refractivity contribution in [1.29, 1.82) is 0 Å². The molecule has 1 aliphatic rings. The van der Waals surface area contributed by atoms with Crippen LogP contribution in [0.2, 0.25) is 5.02 Å². The molecule has 3 nitrogen and oxygen atoms in total. The quantitative estimate of drug-likeness (QED) is 0.916. The van der Waals surface area contributed by atoms with Crippen molar-refractivity contribution in [3.8, 4) is 11.5 Å². The van der Waals surface area contributed by atoms with Crippen LogP contribution in [0.5, 0.6) is 11.5 Å². The Morgan fingerprint density at radius 1 is 1.41 bits per heavy atom. The van der Waals surface area contributed by atoms with Gasteiger partial charge >= 0.3 is 0 Å². The zero-order valence-electron chi connectivity index (χ0n) is 9.74. The number of thioether (sulfide) groups is 1. The topological polar surface area (TPSA) is 44.5 Å². The van der Waals surface area contributed by atoms with E-state index >= 15 is 0 Å². The Hall–Kier alpha value is -0.580. The lowest BCUT2D eigenvalue weighted by Crippen LogP contribution is -2.17. The molecule has 1 aromatic carbocycles. The summed E-state index contributed by atoms with van der Waals surface area (Å²) in [6, 6.07) is 4.14. The molecule has 0 spiro atoms. The Labute approximate surface area is 111 Å². The van der Waals surface area contributed by atoms with Crippen molar-refractivity contribution in [2.45, 2.75) is 18.7 Å². The van der Waals surface area contributed by atoms with Crippen LogP contribution in [0.25, 0.3) is 0 Å². The lowest BCUT2D eigenvalue weighted by molar-refractivity contribution is 0.171. The van der Waals surface area contributed by atoms with E-state index in [0.29, 0.717) is 24.0 Å². The zero-order chi connectivity index (χ0) is 12.3. The first-order valence-corrected chi connectivity index (χ1v) is 7.11. The SMILES string of the molecule is CC(N)CSCc1cc(Cl)c2c(c1)OCCO2. The second kappa shape index (κ2) is 5.85. The van der Waals surface area contributed by atoms with Crippen molar-refractivity contribution >= 4 is 23.4 Å². The number of benzene rings is 1. The lowest BCUT2D eigenvalue weighted by atomic mass is 10.2. The van der Waals surface area contributed by atoms with Crippen LogP contribution < -0.4 is 15.2 Å². The minimum absolute atomic E-state index is 0.215. The van der Waals surface area contributed by atoms with Crippen molar-refractivity contribution in [2.24, 2.45) is 5.73 Å².